The Bertz CT molecular complexity index is 281. The molecule has 0 aromatic heterocycles. The van der Waals surface area contributed by atoms with Gasteiger partial charge in [0.05, 0.1) is 12.1 Å². The molecule has 0 fully saturated rings. The van der Waals surface area contributed by atoms with Crippen LogP contribution < -0.4 is 5.32 Å². The van der Waals surface area contributed by atoms with Gasteiger partial charge in [-0.05, 0) is 32.4 Å². The van der Waals surface area contributed by atoms with E-state index in [0.717, 1.165) is 5.69 Å². The number of hydrogen-bond acceptors (Lipinski definition) is 2. The van der Waals surface area contributed by atoms with Gasteiger partial charge in [0.2, 0.25) is 0 Å². The van der Waals surface area contributed by atoms with Gasteiger partial charge in [-0.2, -0.15) is 0 Å². The number of anilines is 1. The minimum absolute atomic E-state index is 0.126. The van der Waals surface area contributed by atoms with Crippen molar-refractivity contribution in [1.29, 1.82) is 0 Å². The highest BCUT2D eigenvalue weighted by Crippen LogP contribution is 2.18. The second kappa shape index (κ2) is 3.79. The number of hydrogen-bond donors (Lipinski definition) is 2. The summed E-state index contributed by atoms with van der Waals surface area (Å²) in [6.45, 7) is 6.12. The van der Waals surface area contributed by atoms with Crippen LogP contribution in [0.5, 0.6) is 0 Å². The summed E-state index contributed by atoms with van der Waals surface area (Å²) >= 11 is 0. The van der Waals surface area contributed by atoms with E-state index in [1.807, 2.05) is 32.0 Å². The smallest absolute Gasteiger partial charge is 0.0656 e. The van der Waals surface area contributed by atoms with Crippen LogP contribution in [0.4, 0.5) is 5.69 Å². The lowest BCUT2D eigenvalue weighted by Crippen LogP contribution is -2.35. The number of aliphatic hydroxyl groups is 1. The van der Waals surface area contributed by atoms with Crippen molar-refractivity contribution in [3.05, 3.63) is 29.8 Å². The maximum atomic E-state index is 9.08. The van der Waals surface area contributed by atoms with Crippen LogP contribution in [0, 0.1) is 6.92 Å². The number of aryl methyl sites for hydroxylation is 1. The Morgan fingerprint density at radius 3 is 2.46 bits per heavy atom. The first-order chi connectivity index (χ1) is 6.05. The summed E-state index contributed by atoms with van der Waals surface area (Å²) in [6.07, 6.45) is 0. The predicted octanol–water partition coefficient (Wildman–Crippen LogP) is 2.18. The average Bonchev–Trinajstić information content (AvgIpc) is 2.09. The largest absolute Gasteiger partial charge is 0.394 e. The molecule has 0 bridgehead atoms. The molecule has 0 aliphatic heterocycles. The fraction of sp³-hybridized carbons (Fsp3) is 0.455. The van der Waals surface area contributed by atoms with Crippen LogP contribution in [0.15, 0.2) is 24.3 Å². The maximum Gasteiger partial charge on any atom is 0.0656 e. The highest BCUT2D eigenvalue weighted by molar-refractivity contribution is 5.51. The minimum Gasteiger partial charge on any atom is -0.394 e. The Hall–Kier alpha value is -1.02. The highest BCUT2D eigenvalue weighted by Gasteiger charge is 2.15. The molecule has 2 N–H and O–H groups in total. The lowest BCUT2D eigenvalue weighted by Gasteiger charge is -2.25. The summed E-state index contributed by atoms with van der Waals surface area (Å²) in [4.78, 5) is 0. The van der Waals surface area contributed by atoms with Gasteiger partial charge >= 0.3 is 0 Å². The SMILES string of the molecule is Cc1ccccc1NC(C)(C)CO. The van der Waals surface area contributed by atoms with E-state index in [0.29, 0.717) is 0 Å². The Morgan fingerprint density at radius 2 is 1.92 bits per heavy atom. The third kappa shape index (κ3) is 2.74. The monoisotopic (exact) mass is 179 g/mol. The third-order valence-electron chi connectivity index (χ3n) is 2.01. The molecule has 0 radical (unpaired) electrons. The number of aliphatic hydroxyl groups excluding tert-OH is 1. The number of rotatable bonds is 3. The van der Waals surface area contributed by atoms with E-state index >= 15 is 0 Å². The zero-order valence-electron chi connectivity index (χ0n) is 8.46. The van der Waals surface area contributed by atoms with Gasteiger partial charge in [-0.3, -0.25) is 0 Å². The van der Waals surface area contributed by atoms with Crippen molar-refractivity contribution in [2.75, 3.05) is 11.9 Å². The van der Waals surface area contributed by atoms with Crippen LogP contribution in [-0.2, 0) is 0 Å². The predicted molar refractivity (Wildman–Crippen MR) is 56.0 cm³/mol. The second-order valence-corrected chi connectivity index (χ2v) is 3.98. The van der Waals surface area contributed by atoms with Crippen LogP contribution in [-0.4, -0.2) is 17.3 Å². The van der Waals surface area contributed by atoms with Crippen LogP contribution in [0.25, 0.3) is 0 Å². The Labute approximate surface area is 79.6 Å². The quantitative estimate of drug-likeness (QED) is 0.745. The normalized spacial score (nSPS) is 11.4. The van der Waals surface area contributed by atoms with E-state index in [9.17, 15) is 0 Å². The van der Waals surface area contributed by atoms with Crippen molar-refractivity contribution in [3.63, 3.8) is 0 Å². The Morgan fingerprint density at radius 1 is 1.31 bits per heavy atom. The van der Waals surface area contributed by atoms with Crippen molar-refractivity contribution in [2.45, 2.75) is 26.3 Å². The van der Waals surface area contributed by atoms with Crippen molar-refractivity contribution < 1.29 is 5.11 Å². The van der Waals surface area contributed by atoms with Crippen LogP contribution >= 0.6 is 0 Å². The fourth-order valence-corrected chi connectivity index (χ4v) is 1.12. The summed E-state index contributed by atoms with van der Waals surface area (Å²) in [7, 11) is 0. The van der Waals surface area contributed by atoms with E-state index in [1.54, 1.807) is 0 Å². The molecule has 0 aliphatic carbocycles. The summed E-state index contributed by atoms with van der Waals surface area (Å²) in [5, 5.41) is 12.4. The van der Waals surface area contributed by atoms with Crippen LogP contribution in [0.2, 0.25) is 0 Å². The number of nitrogens with one attached hydrogen (secondary N) is 1. The van der Waals surface area contributed by atoms with Crippen molar-refractivity contribution in [3.8, 4) is 0 Å². The van der Waals surface area contributed by atoms with Gasteiger partial charge in [0.1, 0.15) is 0 Å². The standard InChI is InChI=1S/C11H17NO/c1-9-6-4-5-7-10(9)12-11(2,3)8-13/h4-7,12-13H,8H2,1-3H3. The molecular formula is C11H17NO. The maximum absolute atomic E-state index is 9.08. The molecule has 2 nitrogen and oxygen atoms in total. The molecular weight excluding hydrogens is 162 g/mol. The molecule has 0 heterocycles. The molecule has 0 atom stereocenters. The minimum atomic E-state index is -0.258. The lowest BCUT2D eigenvalue weighted by atomic mass is 10.1. The zero-order valence-corrected chi connectivity index (χ0v) is 8.46. The summed E-state index contributed by atoms with van der Waals surface area (Å²) in [5.74, 6) is 0. The molecule has 0 saturated heterocycles. The molecule has 0 spiro atoms. The molecule has 0 amide bonds. The molecule has 0 unspecified atom stereocenters. The third-order valence-corrected chi connectivity index (χ3v) is 2.01. The highest BCUT2D eigenvalue weighted by atomic mass is 16.3. The topological polar surface area (TPSA) is 32.3 Å². The summed E-state index contributed by atoms with van der Waals surface area (Å²) in [5.41, 5.74) is 2.03. The van der Waals surface area contributed by atoms with Gasteiger partial charge in [-0.15, -0.1) is 0 Å². The molecule has 0 aliphatic rings. The van der Waals surface area contributed by atoms with Crippen molar-refractivity contribution in [2.24, 2.45) is 0 Å². The van der Waals surface area contributed by atoms with E-state index in [4.69, 9.17) is 5.11 Å². The van der Waals surface area contributed by atoms with E-state index in [1.165, 1.54) is 5.56 Å². The first kappa shape index (κ1) is 10.1. The van der Waals surface area contributed by atoms with Crippen LogP contribution in [0.3, 0.4) is 0 Å². The summed E-state index contributed by atoms with van der Waals surface area (Å²) in [6, 6.07) is 8.07. The Balaban J connectivity index is 2.80. The second-order valence-electron chi connectivity index (χ2n) is 3.98. The van der Waals surface area contributed by atoms with E-state index in [2.05, 4.69) is 18.3 Å². The Kier molecular flexibility index (Phi) is 2.94. The van der Waals surface area contributed by atoms with E-state index in [-0.39, 0.29) is 12.1 Å². The molecule has 13 heavy (non-hydrogen) atoms. The zero-order chi connectivity index (χ0) is 9.90. The first-order valence-corrected chi connectivity index (χ1v) is 4.50. The summed E-state index contributed by atoms with van der Waals surface area (Å²) < 4.78 is 0. The van der Waals surface area contributed by atoms with Gasteiger partial charge in [0.15, 0.2) is 0 Å². The molecule has 1 aromatic carbocycles. The number of benzene rings is 1. The molecule has 72 valence electrons. The van der Waals surface area contributed by atoms with Gasteiger partial charge in [-0.25, -0.2) is 0 Å². The van der Waals surface area contributed by atoms with Gasteiger partial charge in [0.25, 0.3) is 0 Å². The number of para-hydroxylation sites is 1. The first-order valence-electron chi connectivity index (χ1n) is 4.50. The van der Waals surface area contributed by atoms with Crippen LogP contribution in [0.1, 0.15) is 19.4 Å². The van der Waals surface area contributed by atoms with E-state index < -0.39 is 0 Å². The fourth-order valence-electron chi connectivity index (χ4n) is 1.12. The molecule has 0 saturated carbocycles. The molecule has 1 aromatic rings. The van der Waals surface area contributed by atoms with Crippen molar-refractivity contribution >= 4 is 5.69 Å². The average molecular weight is 179 g/mol. The molecule has 2 heteroatoms. The molecule has 1 rings (SSSR count). The van der Waals surface area contributed by atoms with Gasteiger partial charge in [-0.1, -0.05) is 18.2 Å². The van der Waals surface area contributed by atoms with Gasteiger partial charge in [0, 0.05) is 5.69 Å². The lowest BCUT2D eigenvalue weighted by molar-refractivity contribution is 0.234. The van der Waals surface area contributed by atoms with Crippen molar-refractivity contribution in [1.82, 2.24) is 0 Å². The van der Waals surface area contributed by atoms with Gasteiger partial charge < -0.3 is 10.4 Å².